The van der Waals surface area contributed by atoms with E-state index in [1.807, 2.05) is 0 Å². The largest absolute Gasteiger partial charge is 0.393 e. The fourth-order valence-corrected chi connectivity index (χ4v) is 5.44. The zero-order valence-electron chi connectivity index (χ0n) is 18.5. The first-order valence-corrected chi connectivity index (χ1v) is 13.1. The zero-order valence-corrected chi connectivity index (χ0v) is 20.1. The Balaban J connectivity index is 1.56. The maximum atomic E-state index is 11.9. The molecule has 0 spiro atoms. The van der Waals surface area contributed by atoms with E-state index < -0.39 is 50.7 Å². The Morgan fingerprint density at radius 1 is 1.32 bits per heavy atom. The number of aromatic nitrogens is 4. The number of ether oxygens (including phenoxy) is 2. The van der Waals surface area contributed by atoms with E-state index in [0.717, 1.165) is 25.7 Å². The number of halogens is 1. The van der Waals surface area contributed by atoms with E-state index in [-0.39, 0.29) is 23.3 Å². The van der Waals surface area contributed by atoms with E-state index in [1.165, 1.54) is 11.6 Å². The Morgan fingerprint density at radius 3 is 2.65 bits per heavy atom. The summed E-state index contributed by atoms with van der Waals surface area (Å²) >= 11 is 6.22. The molecule has 2 aromatic rings. The van der Waals surface area contributed by atoms with E-state index in [4.69, 9.17) is 21.1 Å². The molecule has 1 saturated heterocycles. The van der Waals surface area contributed by atoms with Crippen molar-refractivity contribution in [2.75, 3.05) is 18.5 Å². The van der Waals surface area contributed by atoms with Gasteiger partial charge in [0.05, 0.1) is 18.9 Å². The first kappa shape index (κ1) is 25.7. The standard InChI is InChI=1S/C19H29ClN5O8P/c1-2-19(9-26,34(29,30)31)32-8-12-15(27)16(28)18(33-12)25-17-14(23-24-25)11(7-13(20)22-17)21-10-5-3-4-6-10/h7,10,12,15-16,18,26-28H,2-6,8-9H2,1H3,(H,21,22)(H2,29,30,31)/t12-,15-,16-,18-,19?/m1/s1. The number of anilines is 1. The van der Waals surface area contributed by atoms with E-state index in [0.29, 0.717) is 11.2 Å². The van der Waals surface area contributed by atoms with Crippen LogP contribution in [0.5, 0.6) is 0 Å². The van der Waals surface area contributed by atoms with Crippen LogP contribution in [0.1, 0.15) is 45.3 Å². The smallest absolute Gasteiger partial charge is 0.359 e. The third kappa shape index (κ3) is 4.69. The van der Waals surface area contributed by atoms with Gasteiger partial charge in [0, 0.05) is 12.1 Å². The molecule has 13 nitrogen and oxygen atoms in total. The highest BCUT2D eigenvalue weighted by atomic mass is 35.5. The van der Waals surface area contributed by atoms with Crippen LogP contribution in [-0.4, -0.2) is 88.0 Å². The Bertz CT molecular complexity index is 1060. The summed E-state index contributed by atoms with van der Waals surface area (Å²) in [6.07, 6.45) is -1.19. The Hall–Kier alpha value is -1.41. The molecule has 1 aliphatic carbocycles. The van der Waals surface area contributed by atoms with E-state index >= 15 is 0 Å². The zero-order chi connectivity index (χ0) is 24.7. The molecule has 5 atom stereocenters. The normalized spacial score (nSPS) is 28.0. The summed E-state index contributed by atoms with van der Waals surface area (Å²) in [6, 6.07) is 1.93. The number of aliphatic hydroxyl groups excluding tert-OH is 3. The lowest BCUT2D eigenvalue weighted by molar-refractivity contribution is -0.110. The molecule has 1 saturated carbocycles. The SMILES string of the molecule is CCC(CO)(OC[C@H]1O[C@@H](n2nnc3c(NC4CCCC4)cc(Cl)nc32)[C@H](O)[C@@H]1O)P(=O)(O)O. The van der Waals surface area contributed by atoms with Crippen LogP contribution in [0, 0.1) is 0 Å². The first-order valence-electron chi connectivity index (χ1n) is 11.1. The summed E-state index contributed by atoms with van der Waals surface area (Å²) in [7, 11) is -4.85. The van der Waals surface area contributed by atoms with Crippen molar-refractivity contribution in [1.82, 2.24) is 20.0 Å². The van der Waals surface area contributed by atoms with Crippen molar-refractivity contribution < 1.29 is 39.1 Å². The average Bonchev–Trinajstić information content (AvgIpc) is 3.50. The minimum absolute atomic E-state index is 0.182. The number of nitrogens with one attached hydrogen (secondary N) is 1. The van der Waals surface area contributed by atoms with Crippen LogP contribution in [0.25, 0.3) is 11.2 Å². The third-order valence-electron chi connectivity index (χ3n) is 6.54. The van der Waals surface area contributed by atoms with Gasteiger partial charge >= 0.3 is 7.60 Å². The molecule has 1 aliphatic heterocycles. The Morgan fingerprint density at radius 2 is 2.03 bits per heavy atom. The summed E-state index contributed by atoms with van der Waals surface area (Å²) in [5, 5.41) is 40.4. The predicted octanol–water partition coefficient (Wildman–Crippen LogP) is 0.746. The lowest BCUT2D eigenvalue weighted by Gasteiger charge is -2.32. The Labute approximate surface area is 200 Å². The van der Waals surface area contributed by atoms with Gasteiger partial charge in [-0.15, -0.1) is 5.10 Å². The summed E-state index contributed by atoms with van der Waals surface area (Å²) in [6.45, 7) is 0.0199. The minimum Gasteiger partial charge on any atom is -0.393 e. The van der Waals surface area contributed by atoms with Crippen LogP contribution in [0.15, 0.2) is 6.07 Å². The van der Waals surface area contributed by atoms with Gasteiger partial charge in [-0.1, -0.05) is 36.6 Å². The highest BCUT2D eigenvalue weighted by Crippen LogP contribution is 2.53. The van der Waals surface area contributed by atoms with Crippen molar-refractivity contribution >= 4 is 36.0 Å². The van der Waals surface area contributed by atoms with E-state index in [2.05, 4.69) is 20.6 Å². The summed E-state index contributed by atoms with van der Waals surface area (Å²) in [4.78, 5) is 23.5. The fraction of sp³-hybridized carbons (Fsp3) is 0.737. The maximum absolute atomic E-state index is 11.9. The van der Waals surface area contributed by atoms with Crippen LogP contribution in [0.3, 0.4) is 0 Å². The van der Waals surface area contributed by atoms with Crippen molar-refractivity contribution in [3.63, 3.8) is 0 Å². The summed E-state index contributed by atoms with van der Waals surface area (Å²) in [5.41, 5.74) is 1.31. The molecule has 34 heavy (non-hydrogen) atoms. The molecule has 1 unspecified atom stereocenters. The van der Waals surface area contributed by atoms with Gasteiger partial charge in [0.25, 0.3) is 0 Å². The van der Waals surface area contributed by atoms with Crippen LogP contribution >= 0.6 is 19.2 Å². The van der Waals surface area contributed by atoms with Crippen LogP contribution in [0.2, 0.25) is 5.15 Å². The first-order chi connectivity index (χ1) is 16.1. The molecule has 6 N–H and O–H groups in total. The van der Waals surface area contributed by atoms with Gasteiger partial charge < -0.3 is 39.9 Å². The average molecular weight is 522 g/mol. The van der Waals surface area contributed by atoms with Gasteiger partial charge in [-0.2, -0.15) is 4.68 Å². The molecule has 0 aromatic carbocycles. The molecule has 2 aliphatic rings. The molecule has 2 aromatic heterocycles. The molecule has 4 rings (SSSR count). The van der Waals surface area contributed by atoms with Crippen LogP contribution in [0.4, 0.5) is 5.69 Å². The molecular weight excluding hydrogens is 493 g/mol. The molecule has 2 fully saturated rings. The minimum atomic E-state index is -4.85. The third-order valence-corrected chi connectivity index (χ3v) is 8.38. The number of hydrogen-bond acceptors (Lipinski definition) is 10. The number of hydrogen-bond donors (Lipinski definition) is 6. The van der Waals surface area contributed by atoms with Gasteiger partial charge in [-0.3, -0.25) is 4.57 Å². The Kier molecular flexibility index (Phi) is 7.49. The van der Waals surface area contributed by atoms with Crippen LogP contribution in [-0.2, 0) is 14.0 Å². The molecule has 0 radical (unpaired) electrons. The van der Waals surface area contributed by atoms with E-state index in [9.17, 15) is 29.7 Å². The number of aliphatic hydroxyl groups is 3. The number of fused-ring (bicyclic) bond motifs is 1. The van der Waals surface area contributed by atoms with Crippen molar-refractivity contribution in [3.05, 3.63) is 11.2 Å². The molecular formula is C19H29ClN5O8P. The van der Waals surface area contributed by atoms with Gasteiger partial charge in [0.1, 0.15) is 23.5 Å². The molecule has 15 heteroatoms. The van der Waals surface area contributed by atoms with Crippen molar-refractivity contribution in [2.45, 2.75) is 75.0 Å². The van der Waals surface area contributed by atoms with Crippen LogP contribution < -0.4 is 5.32 Å². The van der Waals surface area contributed by atoms with Crippen molar-refractivity contribution in [1.29, 1.82) is 0 Å². The molecule has 190 valence electrons. The highest BCUT2D eigenvalue weighted by Gasteiger charge is 2.50. The fourth-order valence-electron chi connectivity index (χ4n) is 4.41. The van der Waals surface area contributed by atoms with E-state index in [1.54, 1.807) is 6.07 Å². The second-order valence-corrected chi connectivity index (χ2v) is 11.0. The van der Waals surface area contributed by atoms with Gasteiger partial charge in [0.2, 0.25) is 0 Å². The molecule has 0 amide bonds. The lowest BCUT2D eigenvalue weighted by Crippen LogP contribution is -2.41. The maximum Gasteiger partial charge on any atom is 0.359 e. The predicted molar refractivity (Wildman–Crippen MR) is 120 cm³/mol. The summed E-state index contributed by atoms with van der Waals surface area (Å²) in [5.74, 6) is 0. The topological polar surface area (TPSA) is 192 Å². The second kappa shape index (κ2) is 9.92. The molecule has 3 heterocycles. The van der Waals surface area contributed by atoms with Crippen molar-refractivity contribution in [2.24, 2.45) is 0 Å². The monoisotopic (exact) mass is 521 g/mol. The highest BCUT2D eigenvalue weighted by molar-refractivity contribution is 7.53. The number of nitrogens with zero attached hydrogens (tertiary/aromatic N) is 4. The van der Waals surface area contributed by atoms with Gasteiger partial charge in [0.15, 0.2) is 22.7 Å². The van der Waals surface area contributed by atoms with Crippen molar-refractivity contribution in [3.8, 4) is 0 Å². The van der Waals surface area contributed by atoms with Gasteiger partial charge in [-0.05, 0) is 19.3 Å². The number of pyridine rings is 1. The number of rotatable bonds is 9. The molecule has 0 bridgehead atoms. The second-order valence-electron chi connectivity index (χ2n) is 8.68. The summed E-state index contributed by atoms with van der Waals surface area (Å²) < 4.78 is 24.2. The quantitative estimate of drug-likeness (QED) is 0.200. The van der Waals surface area contributed by atoms with Gasteiger partial charge in [-0.25, -0.2) is 4.98 Å². The lowest BCUT2D eigenvalue weighted by atomic mass is 10.1.